The molecular weight excluding hydrogens is 424 g/mol. The number of nitrogens with zero attached hydrogens (tertiary/aromatic N) is 2. The number of likely N-dealkylation sites (tertiary alicyclic amines) is 1. The summed E-state index contributed by atoms with van der Waals surface area (Å²) in [6, 6.07) is 15.9. The van der Waals surface area contributed by atoms with Gasteiger partial charge in [0.05, 0.1) is 4.90 Å². The maximum absolute atomic E-state index is 12.6. The highest BCUT2D eigenvalue weighted by atomic mass is 32.2. The maximum atomic E-state index is 12.6. The van der Waals surface area contributed by atoms with Crippen LogP contribution in [0.25, 0.3) is 0 Å². The van der Waals surface area contributed by atoms with E-state index in [0.29, 0.717) is 35.4 Å². The molecule has 0 N–H and O–H groups in total. The number of carbonyl (C=O) groups excluding carboxylic acids is 2. The summed E-state index contributed by atoms with van der Waals surface area (Å²) in [6.45, 7) is 3.20. The largest absolute Gasteiger partial charge is 0.372 e. The van der Waals surface area contributed by atoms with Crippen LogP contribution in [-0.2, 0) is 14.6 Å². The van der Waals surface area contributed by atoms with Crippen LogP contribution >= 0.6 is 0 Å². The van der Waals surface area contributed by atoms with Crippen molar-refractivity contribution in [3.63, 3.8) is 0 Å². The number of anilines is 1. The third-order valence-corrected chi connectivity index (χ3v) is 8.02. The SMILES string of the molecule is CS(=O)(=O)c1ccc(N2CCC(C3CCN(C(=O)C(=O)c4ccccc4)CC3)CC2)cc1. The van der Waals surface area contributed by atoms with Crippen LogP contribution in [0.4, 0.5) is 5.69 Å². The number of benzene rings is 2. The number of carbonyl (C=O) groups is 2. The van der Waals surface area contributed by atoms with Crippen LogP contribution in [0.15, 0.2) is 59.5 Å². The van der Waals surface area contributed by atoms with Crippen LogP contribution < -0.4 is 4.90 Å². The molecular formula is C25H30N2O4S. The van der Waals surface area contributed by atoms with Crippen LogP contribution in [0.5, 0.6) is 0 Å². The minimum atomic E-state index is -3.17. The van der Waals surface area contributed by atoms with Crippen LogP contribution in [0, 0.1) is 11.8 Å². The van der Waals surface area contributed by atoms with Gasteiger partial charge in [0, 0.05) is 43.7 Å². The van der Waals surface area contributed by atoms with Crippen molar-refractivity contribution in [1.82, 2.24) is 4.90 Å². The molecule has 0 aromatic heterocycles. The Labute approximate surface area is 190 Å². The summed E-state index contributed by atoms with van der Waals surface area (Å²) in [5.74, 6) is 0.408. The van der Waals surface area contributed by atoms with Gasteiger partial charge in [-0.05, 0) is 61.8 Å². The molecule has 170 valence electrons. The molecule has 2 aliphatic heterocycles. The number of hydrogen-bond acceptors (Lipinski definition) is 5. The molecule has 0 radical (unpaired) electrons. The minimum Gasteiger partial charge on any atom is -0.372 e. The van der Waals surface area contributed by atoms with E-state index in [4.69, 9.17) is 0 Å². The number of sulfone groups is 1. The molecule has 2 fully saturated rings. The Balaban J connectivity index is 1.27. The molecule has 0 atom stereocenters. The molecule has 2 heterocycles. The van der Waals surface area contributed by atoms with Crippen LogP contribution in [0.2, 0.25) is 0 Å². The van der Waals surface area contributed by atoms with E-state index in [1.165, 1.54) is 6.26 Å². The molecule has 1 amide bonds. The second kappa shape index (κ2) is 9.45. The quantitative estimate of drug-likeness (QED) is 0.511. The van der Waals surface area contributed by atoms with Crippen molar-refractivity contribution in [2.45, 2.75) is 30.6 Å². The van der Waals surface area contributed by atoms with Crippen molar-refractivity contribution in [1.29, 1.82) is 0 Å². The molecule has 4 rings (SSSR count). The van der Waals surface area contributed by atoms with Gasteiger partial charge in [0.1, 0.15) is 0 Å². The van der Waals surface area contributed by atoms with Gasteiger partial charge in [-0.15, -0.1) is 0 Å². The van der Waals surface area contributed by atoms with Crippen molar-refractivity contribution in [2.24, 2.45) is 11.8 Å². The van der Waals surface area contributed by atoms with Gasteiger partial charge < -0.3 is 9.80 Å². The van der Waals surface area contributed by atoms with E-state index in [9.17, 15) is 18.0 Å². The number of rotatable bonds is 5. The standard InChI is InChI=1S/C25H30N2O4S/c1-32(30,31)23-9-7-22(8-10-23)26-15-11-19(12-16-26)20-13-17-27(18-14-20)25(29)24(28)21-5-3-2-4-6-21/h2-10,19-20H,11-18H2,1H3. The first-order valence-corrected chi connectivity index (χ1v) is 13.2. The third-order valence-electron chi connectivity index (χ3n) is 6.89. The lowest BCUT2D eigenvalue weighted by Crippen LogP contribution is -2.45. The van der Waals surface area contributed by atoms with Crippen molar-refractivity contribution in [3.8, 4) is 0 Å². The summed E-state index contributed by atoms with van der Waals surface area (Å²) < 4.78 is 23.3. The predicted molar refractivity (Wildman–Crippen MR) is 125 cm³/mol. The highest BCUT2D eigenvalue weighted by Gasteiger charge is 2.32. The smallest absolute Gasteiger partial charge is 0.294 e. The van der Waals surface area contributed by atoms with Crippen molar-refractivity contribution in [3.05, 3.63) is 60.2 Å². The molecule has 0 bridgehead atoms. The lowest BCUT2D eigenvalue weighted by molar-refractivity contribution is -0.128. The Hall–Kier alpha value is -2.67. The summed E-state index contributed by atoms with van der Waals surface area (Å²) in [5, 5.41) is 0. The van der Waals surface area contributed by atoms with Gasteiger partial charge >= 0.3 is 0 Å². The fourth-order valence-electron chi connectivity index (χ4n) is 4.96. The zero-order valence-electron chi connectivity index (χ0n) is 18.4. The molecule has 2 aromatic carbocycles. The van der Waals surface area contributed by atoms with E-state index in [0.717, 1.165) is 44.5 Å². The van der Waals surface area contributed by atoms with Gasteiger partial charge in [-0.25, -0.2) is 8.42 Å². The molecule has 2 aromatic rings. The van der Waals surface area contributed by atoms with Crippen molar-refractivity contribution < 1.29 is 18.0 Å². The Kier molecular flexibility index (Phi) is 6.65. The first-order valence-electron chi connectivity index (χ1n) is 11.3. The highest BCUT2D eigenvalue weighted by Crippen LogP contribution is 2.34. The second-order valence-corrected chi connectivity index (χ2v) is 10.9. The van der Waals surface area contributed by atoms with Gasteiger partial charge in [0.25, 0.3) is 5.91 Å². The van der Waals surface area contributed by atoms with Gasteiger partial charge in [-0.3, -0.25) is 9.59 Å². The van der Waals surface area contributed by atoms with E-state index < -0.39 is 15.6 Å². The number of amides is 1. The molecule has 32 heavy (non-hydrogen) atoms. The summed E-state index contributed by atoms with van der Waals surface area (Å²) >= 11 is 0. The summed E-state index contributed by atoms with van der Waals surface area (Å²) in [5.41, 5.74) is 1.52. The number of hydrogen-bond donors (Lipinski definition) is 0. The first kappa shape index (κ1) is 22.5. The Bertz CT molecular complexity index is 1050. The average molecular weight is 455 g/mol. The van der Waals surface area contributed by atoms with Crippen LogP contribution in [0.3, 0.4) is 0 Å². The molecule has 0 unspecified atom stereocenters. The van der Waals surface area contributed by atoms with E-state index >= 15 is 0 Å². The van der Waals surface area contributed by atoms with Crippen LogP contribution in [0.1, 0.15) is 36.0 Å². The Morgan fingerprint density at radius 3 is 1.84 bits per heavy atom. The zero-order valence-corrected chi connectivity index (χ0v) is 19.3. The van der Waals surface area contributed by atoms with Crippen LogP contribution in [-0.4, -0.2) is 57.4 Å². The zero-order chi connectivity index (χ0) is 22.7. The van der Waals surface area contributed by atoms with Crippen molar-refractivity contribution in [2.75, 3.05) is 37.3 Å². The highest BCUT2D eigenvalue weighted by molar-refractivity contribution is 7.90. The average Bonchev–Trinajstić information content (AvgIpc) is 2.83. The van der Waals surface area contributed by atoms with Gasteiger partial charge in [-0.2, -0.15) is 0 Å². The molecule has 7 heteroatoms. The van der Waals surface area contributed by atoms with E-state index in [1.807, 2.05) is 18.2 Å². The lowest BCUT2D eigenvalue weighted by Gasteiger charge is -2.40. The molecule has 0 aliphatic carbocycles. The summed E-state index contributed by atoms with van der Waals surface area (Å²) in [4.78, 5) is 29.4. The van der Waals surface area contributed by atoms with E-state index in [-0.39, 0.29) is 5.91 Å². The first-order chi connectivity index (χ1) is 15.3. The number of piperidine rings is 2. The fraction of sp³-hybridized carbons (Fsp3) is 0.440. The summed E-state index contributed by atoms with van der Waals surface area (Å²) in [7, 11) is -3.17. The monoisotopic (exact) mass is 454 g/mol. The third kappa shape index (κ3) is 5.04. The topological polar surface area (TPSA) is 74.8 Å². The van der Waals surface area contributed by atoms with Gasteiger partial charge in [-0.1, -0.05) is 30.3 Å². The predicted octanol–water partition coefficient (Wildman–Crippen LogP) is 3.43. The maximum Gasteiger partial charge on any atom is 0.294 e. The van der Waals surface area contributed by atoms with Crippen molar-refractivity contribution >= 4 is 27.2 Å². The molecule has 0 spiro atoms. The Morgan fingerprint density at radius 1 is 0.781 bits per heavy atom. The Morgan fingerprint density at radius 2 is 1.31 bits per heavy atom. The molecule has 0 saturated carbocycles. The molecule has 2 aliphatic rings. The minimum absolute atomic E-state index is 0.350. The van der Waals surface area contributed by atoms with E-state index in [1.54, 1.807) is 41.3 Å². The molecule has 2 saturated heterocycles. The second-order valence-electron chi connectivity index (χ2n) is 8.92. The fourth-order valence-corrected chi connectivity index (χ4v) is 5.59. The molecule has 6 nitrogen and oxygen atoms in total. The number of Topliss-reactive ketones (excluding diaryl/α,β-unsaturated/α-hetero) is 1. The normalized spacial score (nSPS) is 18.5. The number of ketones is 1. The van der Waals surface area contributed by atoms with Gasteiger partial charge in [0.2, 0.25) is 5.78 Å². The lowest BCUT2D eigenvalue weighted by atomic mass is 9.78. The summed E-state index contributed by atoms with van der Waals surface area (Å²) in [6.07, 6.45) is 5.30. The van der Waals surface area contributed by atoms with Gasteiger partial charge in [0.15, 0.2) is 9.84 Å². The van der Waals surface area contributed by atoms with E-state index in [2.05, 4.69) is 4.90 Å².